The molecule has 2 rings (SSSR count). The van der Waals surface area contributed by atoms with E-state index in [0.29, 0.717) is 0 Å². The Hall–Kier alpha value is -1.39. The number of fused-ring (bicyclic) bond motifs is 1. The van der Waals surface area contributed by atoms with Gasteiger partial charge in [0, 0.05) is 13.0 Å². The standard InChI is InChI=1S/C16H24N2.2CHF3O3S.Cu/c1-3-5-7-12-16-17-14-10-8-9-11-15(14)18(16)13-6-4-2;2*2-1(3,4)8(5,6)7;/h8-11H,3-7,12-13H2,1-2H3;2*(H,5,6,7);/q;;;+2/p-2. The van der Waals surface area contributed by atoms with E-state index in [1.807, 2.05) is 0 Å². The Morgan fingerprint density at radius 1 is 0.829 bits per heavy atom. The first kappa shape index (κ1) is 35.8. The number of alkyl halides is 6. The van der Waals surface area contributed by atoms with Crippen LogP contribution in [0.5, 0.6) is 0 Å². The van der Waals surface area contributed by atoms with Crippen molar-refractivity contribution in [3.63, 3.8) is 0 Å². The topological polar surface area (TPSA) is 132 Å². The van der Waals surface area contributed by atoms with Gasteiger partial charge in [-0.2, -0.15) is 26.3 Å². The number of unbranched alkanes of at least 4 members (excludes halogenated alkanes) is 3. The monoisotopic (exact) mass is 605 g/mol. The molecule has 35 heavy (non-hydrogen) atoms. The van der Waals surface area contributed by atoms with E-state index in [1.165, 1.54) is 43.4 Å². The summed E-state index contributed by atoms with van der Waals surface area (Å²) in [6.45, 7) is 5.61. The molecule has 1 radical (unpaired) electrons. The van der Waals surface area contributed by atoms with Gasteiger partial charge < -0.3 is 13.7 Å². The van der Waals surface area contributed by atoms with Gasteiger partial charge in [-0.25, -0.2) is 21.8 Å². The summed E-state index contributed by atoms with van der Waals surface area (Å²) in [7, 11) is -12.2. The van der Waals surface area contributed by atoms with Crippen molar-refractivity contribution in [3.8, 4) is 0 Å². The number of para-hydroxylation sites is 2. The fourth-order valence-corrected chi connectivity index (χ4v) is 2.42. The summed E-state index contributed by atoms with van der Waals surface area (Å²) >= 11 is 0. The van der Waals surface area contributed by atoms with E-state index in [9.17, 15) is 26.3 Å². The van der Waals surface area contributed by atoms with Crippen LogP contribution in [0.1, 0.15) is 51.8 Å². The maximum absolute atomic E-state index is 10.7. The van der Waals surface area contributed by atoms with Crippen LogP contribution >= 0.6 is 0 Å². The molecule has 0 atom stereocenters. The average molecular weight is 606 g/mol. The molecule has 0 saturated carbocycles. The Bertz CT molecular complexity index is 1060. The summed E-state index contributed by atoms with van der Waals surface area (Å²) < 4.78 is 120. The van der Waals surface area contributed by atoms with Gasteiger partial charge in [-0.05, 0) is 25.0 Å². The number of aromatic nitrogens is 2. The molecule has 0 spiro atoms. The smallest absolute Gasteiger partial charge is 0.741 e. The van der Waals surface area contributed by atoms with Crippen LogP contribution in [0.25, 0.3) is 11.0 Å². The van der Waals surface area contributed by atoms with Crippen LogP contribution in [0.2, 0.25) is 0 Å². The number of rotatable bonds is 7. The summed E-state index contributed by atoms with van der Waals surface area (Å²) in [5.41, 5.74) is -8.84. The van der Waals surface area contributed by atoms with Crippen molar-refractivity contribution in [1.82, 2.24) is 9.55 Å². The minimum atomic E-state index is -6.09. The number of nitrogens with zero attached hydrogens (tertiary/aromatic N) is 2. The molecule has 17 heteroatoms. The third kappa shape index (κ3) is 12.9. The molecule has 0 N–H and O–H groups in total. The zero-order chi connectivity index (χ0) is 26.8. The summed E-state index contributed by atoms with van der Waals surface area (Å²) in [5, 5.41) is 0. The zero-order valence-corrected chi connectivity index (χ0v) is 21.1. The van der Waals surface area contributed by atoms with Crippen molar-refractivity contribution in [1.29, 1.82) is 0 Å². The number of hydrogen-bond donors (Lipinski definition) is 0. The van der Waals surface area contributed by atoms with Gasteiger partial charge in [-0.15, -0.1) is 0 Å². The van der Waals surface area contributed by atoms with E-state index in [1.54, 1.807) is 0 Å². The quantitative estimate of drug-likeness (QED) is 0.147. The van der Waals surface area contributed by atoms with Gasteiger partial charge in [0.15, 0.2) is 20.2 Å². The van der Waals surface area contributed by atoms with Crippen molar-refractivity contribution in [2.45, 2.75) is 69.9 Å². The molecule has 1 aromatic heterocycles. The van der Waals surface area contributed by atoms with Gasteiger partial charge in [0.1, 0.15) is 5.82 Å². The van der Waals surface area contributed by atoms with E-state index in [-0.39, 0.29) is 17.1 Å². The molecule has 207 valence electrons. The van der Waals surface area contributed by atoms with Gasteiger partial charge in [-0.3, -0.25) is 0 Å². The Morgan fingerprint density at radius 3 is 1.66 bits per heavy atom. The molecule has 0 aliphatic carbocycles. The van der Waals surface area contributed by atoms with E-state index in [0.717, 1.165) is 18.5 Å². The van der Waals surface area contributed by atoms with Crippen LogP contribution in [0.4, 0.5) is 26.3 Å². The molecule has 0 unspecified atom stereocenters. The minimum absolute atomic E-state index is 0. The van der Waals surface area contributed by atoms with E-state index >= 15 is 0 Å². The molecular formula is C18H24CuF6N2O6S2. The molecular weight excluding hydrogens is 582 g/mol. The molecule has 1 heterocycles. The van der Waals surface area contributed by atoms with Crippen molar-refractivity contribution in [3.05, 3.63) is 30.1 Å². The summed E-state index contributed by atoms with van der Waals surface area (Å²) in [6, 6.07) is 8.51. The van der Waals surface area contributed by atoms with Crippen molar-refractivity contribution in [2.24, 2.45) is 0 Å². The molecule has 0 bridgehead atoms. The molecule has 0 aliphatic rings. The Labute approximate surface area is 210 Å². The van der Waals surface area contributed by atoms with Crippen molar-refractivity contribution >= 4 is 31.3 Å². The van der Waals surface area contributed by atoms with Crippen LogP contribution in [0.3, 0.4) is 0 Å². The minimum Gasteiger partial charge on any atom is -0.741 e. The SMILES string of the molecule is CCCCCc1nc2ccccc2n1CCCC.O=S(=O)([O-])C(F)(F)F.O=S(=O)([O-])C(F)(F)F.[Cu+2]. The van der Waals surface area contributed by atoms with E-state index in [2.05, 4.69) is 42.7 Å². The second kappa shape index (κ2) is 15.0. The second-order valence-corrected chi connectivity index (χ2v) is 9.52. The van der Waals surface area contributed by atoms with Gasteiger partial charge in [0.05, 0.1) is 11.0 Å². The van der Waals surface area contributed by atoms with Gasteiger partial charge in [0.25, 0.3) is 0 Å². The van der Waals surface area contributed by atoms with Crippen LogP contribution in [0.15, 0.2) is 24.3 Å². The van der Waals surface area contributed by atoms with E-state index < -0.39 is 31.3 Å². The molecule has 2 aromatic rings. The molecule has 8 nitrogen and oxygen atoms in total. The fourth-order valence-electron chi connectivity index (χ4n) is 2.42. The van der Waals surface area contributed by atoms with Crippen LogP contribution in [-0.4, -0.2) is 46.5 Å². The number of imidazole rings is 1. The van der Waals surface area contributed by atoms with Gasteiger partial charge in [-0.1, -0.05) is 45.2 Å². The first-order chi connectivity index (χ1) is 15.4. The van der Waals surface area contributed by atoms with Crippen LogP contribution in [-0.2, 0) is 50.3 Å². The molecule has 0 aliphatic heterocycles. The Kier molecular flexibility index (Phi) is 15.3. The first-order valence-corrected chi connectivity index (χ1v) is 12.7. The second-order valence-electron chi connectivity index (χ2n) is 6.78. The maximum atomic E-state index is 10.7. The number of benzene rings is 1. The molecule has 0 saturated heterocycles. The summed E-state index contributed by atoms with van der Waals surface area (Å²) in [6.07, 6.45) is 7.42. The van der Waals surface area contributed by atoms with E-state index in [4.69, 9.17) is 30.9 Å². The average Bonchev–Trinajstić information content (AvgIpc) is 3.02. The molecule has 1 aromatic carbocycles. The maximum Gasteiger partial charge on any atom is 2.00 e. The van der Waals surface area contributed by atoms with Crippen molar-refractivity contribution < 1.29 is 69.4 Å². The summed E-state index contributed by atoms with van der Waals surface area (Å²) in [4.78, 5) is 4.80. The van der Waals surface area contributed by atoms with Crippen LogP contribution < -0.4 is 0 Å². The first-order valence-electron chi connectivity index (χ1n) is 9.85. The Morgan fingerprint density at radius 2 is 1.26 bits per heavy atom. The molecule has 0 fully saturated rings. The predicted octanol–water partition coefficient (Wildman–Crippen LogP) is 4.67. The number of aryl methyl sites for hydroxylation is 2. The number of hydrogen-bond acceptors (Lipinski definition) is 7. The third-order valence-corrected chi connectivity index (χ3v) is 5.17. The summed E-state index contributed by atoms with van der Waals surface area (Å²) in [5.74, 6) is 1.28. The largest absolute Gasteiger partial charge is 2.00 e. The molecule has 0 amide bonds. The third-order valence-electron chi connectivity index (χ3n) is 4.04. The normalized spacial score (nSPS) is 12.2. The van der Waals surface area contributed by atoms with Gasteiger partial charge >= 0.3 is 28.1 Å². The predicted molar refractivity (Wildman–Crippen MR) is 109 cm³/mol. The van der Waals surface area contributed by atoms with Gasteiger partial charge in [0.2, 0.25) is 0 Å². The zero-order valence-electron chi connectivity index (χ0n) is 18.5. The van der Waals surface area contributed by atoms with Crippen LogP contribution in [0, 0.1) is 0 Å². The fraction of sp³-hybridized carbons (Fsp3) is 0.611. The number of halogens is 6. The Balaban J connectivity index is 0. The van der Waals surface area contributed by atoms with Crippen molar-refractivity contribution in [2.75, 3.05) is 0 Å².